The lowest BCUT2D eigenvalue weighted by atomic mass is 9.97. The Bertz CT molecular complexity index is 98.7. The lowest BCUT2D eigenvalue weighted by Crippen LogP contribution is -2.24. The molecule has 1 fully saturated rings. The minimum Gasteiger partial charge on any atom is -0.385 e. The molecule has 0 amide bonds. The van der Waals surface area contributed by atoms with Crippen molar-refractivity contribution in [1.82, 2.24) is 0 Å². The largest absolute Gasteiger partial charge is 0.385 e. The first-order chi connectivity index (χ1) is 3.80. The number of ketones is 1. The Hall–Kier alpha value is -0.370. The zero-order valence-corrected chi connectivity index (χ0v) is 4.63. The Morgan fingerprint density at radius 2 is 2.50 bits per heavy atom. The van der Waals surface area contributed by atoms with Crippen molar-refractivity contribution in [2.75, 3.05) is 0 Å². The van der Waals surface area contributed by atoms with Crippen LogP contribution in [0.3, 0.4) is 0 Å². The van der Waals surface area contributed by atoms with E-state index in [1.807, 2.05) is 0 Å². The number of hydrogen-bond acceptors (Lipinski definition) is 2. The van der Waals surface area contributed by atoms with Gasteiger partial charge in [-0.15, -0.1) is 0 Å². The molecule has 1 atom stereocenters. The van der Waals surface area contributed by atoms with Crippen molar-refractivity contribution in [1.29, 1.82) is 0 Å². The van der Waals surface area contributed by atoms with Crippen LogP contribution in [0.5, 0.6) is 0 Å². The van der Waals surface area contributed by atoms with E-state index in [0.717, 1.165) is 12.8 Å². The molecule has 1 saturated carbocycles. The fraction of sp³-hybridized carbons (Fsp3) is 0.667. The lowest BCUT2D eigenvalue weighted by molar-refractivity contribution is -0.125. The van der Waals surface area contributed by atoms with Crippen LogP contribution in [-0.2, 0) is 4.79 Å². The van der Waals surface area contributed by atoms with E-state index in [1.165, 1.54) is 0 Å². The van der Waals surface area contributed by atoms with Crippen molar-refractivity contribution in [3.05, 3.63) is 6.42 Å². The van der Waals surface area contributed by atoms with Crippen LogP contribution >= 0.6 is 0 Å². The summed E-state index contributed by atoms with van der Waals surface area (Å²) in [6.07, 6.45) is 3.32. The van der Waals surface area contributed by atoms with Crippen LogP contribution in [0.4, 0.5) is 0 Å². The van der Waals surface area contributed by atoms with Crippen LogP contribution in [-0.4, -0.2) is 17.0 Å². The van der Waals surface area contributed by atoms with Crippen molar-refractivity contribution in [2.45, 2.75) is 25.4 Å². The van der Waals surface area contributed by atoms with Gasteiger partial charge in [0.25, 0.3) is 0 Å². The van der Waals surface area contributed by atoms with E-state index in [-0.39, 0.29) is 5.78 Å². The monoisotopic (exact) mass is 113 g/mol. The minimum atomic E-state index is -0.691. The molecule has 45 valence electrons. The summed E-state index contributed by atoms with van der Waals surface area (Å²) in [6.45, 7) is 0. The molecule has 1 rings (SSSR count). The number of hydrogen-bond donors (Lipinski definition) is 1. The number of carbonyl (C=O) groups is 1. The summed E-state index contributed by atoms with van der Waals surface area (Å²) in [4.78, 5) is 10.5. The average Bonchev–Trinajstić information content (AvgIpc) is 1.77. The maximum absolute atomic E-state index is 10.5. The minimum absolute atomic E-state index is 0.101. The molecule has 0 aromatic heterocycles. The van der Waals surface area contributed by atoms with E-state index in [2.05, 4.69) is 0 Å². The Kier molecular flexibility index (Phi) is 1.63. The first-order valence-electron chi connectivity index (χ1n) is 2.86. The van der Waals surface area contributed by atoms with Gasteiger partial charge in [0.05, 0.1) is 0 Å². The van der Waals surface area contributed by atoms with E-state index in [9.17, 15) is 4.79 Å². The Morgan fingerprint density at radius 3 is 2.88 bits per heavy atom. The molecule has 0 aromatic carbocycles. The van der Waals surface area contributed by atoms with Gasteiger partial charge in [0.1, 0.15) is 6.10 Å². The number of aliphatic hydroxyl groups excluding tert-OH is 1. The molecule has 0 saturated heterocycles. The number of carbonyl (C=O) groups excluding carboxylic acids is 1. The Morgan fingerprint density at radius 1 is 1.75 bits per heavy atom. The van der Waals surface area contributed by atoms with Crippen LogP contribution in [0.1, 0.15) is 19.3 Å². The predicted octanol–water partition coefficient (Wildman–Crippen LogP) is 0.305. The van der Waals surface area contributed by atoms with Crippen molar-refractivity contribution in [3.8, 4) is 0 Å². The first-order valence-corrected chi connectivity index (χ1v) is 2.86. The van der Waals surface area contributed by atoms with E-state index >= 15 is 0 Å². The quantitative estimate of drug-likeness (QED) is 0.490. The highest BCUT2D eigenvalue weighted by Gasteiger charge is 2.18. The molecule has 2 heteroatoms. The smallest absolute Gasteiger partial charge is 0.165 e. The van der Waals surface area contributed by atoms with Crippen molar-refractivity contribution in [3.63, 3.8) is 0 Å². The van der Waals surface area contributed by atoms with E-state index in [4.69, 9.17) is 5.11 Å². The number of rotatable bonds is 0. The SMILES string of the molecule is O=C1[CH]CCCC1O. The molecule has 1 unspecified atom stereocenters. The molecule has 0 aliphatic heterocycles. The third kappa shape index (κ3) is 1.07. The first kappa shape index (κ1) is 5.76. The van der Waals surface area contributed by atoms with Gasteiger partial charge in [-0.1, -0.05) is 0 Å². The number of aliphatic hydroxyl groups is 1. The van der Waals surface area contributed by atoms with E-state index in [0.29, 0.717) is 6.42 Å². The molecule has 1 aliphatic rings. The molecule has 1 N–H and O–H groups in total. The second kappa shape index (κ2) is 2.27. The molecule has 0 bridgehead atoms. The average molecular weight is 113 g/mol. The van der Waals surface area contributed by atoms with Crippen molar-refractivity contribution in [2.24, 2.45) is 0 Å². The van der Waals surface area contributed by atoms with Crippen LogP contribution in [0.15, 0.2) is 0 Å². The summed E-state index contributed by atoms with van der Waals surface area (Å²) >= 11 is 0. The van der Waals surface area contributed by atoms with Gasteiger partial charge in [-0.2, -0.15) is 0 Å². The lowest BCUT2D eigenvalue weighted by Gasteiger charge is -2.13. The zero-order chi connectivity index (χ0) is 5.98. The molecule has 1 radical (unpaired) electrons. The van der Waals surface area contributed by atoms with Crippen molar-refractivity contribution < 1.29 is 9.90 Å². The second-order valence-electron chi connectivity index (χ2n) is 2.05. The van der Waals surface area contributed by atoms with Gasteiger partial charge in [-0.3, -0.25) is 4.79 Å². The van der Waals surface area contributed by atoms with Crippen LogP contribution in [0, 0.1) is 6.42 Å². The molecule has 2 nitrogen and oxygen atoms in total. The summed E-state index contributed by atoms with van der Waals surface area (Å²) in [7, 11) is 0. The summed E-state index contributed by atoms with van der Waals surface area (Å²) in [5.41, 5.74) is 0. The topological polar surface area (TPSA) is 37.3 Å². The van der Waals surface area contributed by atoms with Crippen molar-refractivity contribution >= 4 is 5.78 Å². The highest BCUT2D eigenvalue weighted by atomic mass is 16.3. The standard InChI is InChI=1S/C6H9O2/c7-5-3-1-2-4-6(5)8/h3,6,8H,1-2,4H2. The maximum Gasteiger partial charge on any atom is 0.165 e. The maximum atomic E-state index is 10.5. The molecule has 8 heavy (non-hydrogen) atoms. The van der Waals surface area contributed by atoms with Gasteiger partial charge in [-0.25, -0.2) is 0 Å². The fourth-order valence-electron chi connectivity index (χ4n) is 0.834. The highest BCUT2D eigenvalue weighted by molar-refractivity contribution is 5.91. The Balaban J connectivity index is 2.39. The molecule has 0 aromatic rings. The van der Waals surface area contributed by atoms with Gasteiger partial charge >= 0.3 is 0 Å². The van der Waals surface area contributed by atoms with Crippen LogP contribution < -0.4 is 0 Å². The predicted molar refractivity (Wildman–Crippen MR) is 29.2 cm³/mol. The molecule has 0 heterocycles. The van der Waals surface area contributed by atoms with Crippen LogP contribution in [0.25, 0.3) is 0 Å². The molecule has 1 aliphatic carbocycles. The molecule has 0 spiro atoms. The molecular formula is C6H9O2. The van der Waals surface area contributed by atoms with Gasteiger partial charge in [-0.05, 0) is 19.3 Å². The Labute approximate surface area is 48.5 Å². The van der Waals surface area contributed by atoms with Gasteiger partial charge in [0.2, 0.25) is 0 Å². The third-order valence-electron chi connectivity index (χ3n) is 1.36. The van der Waals surface area contributed by atoms with E-state index < -0.39 is 6.10 Å². The highest BCUT2D eigenvalue weighted by Crippen LogP contribution is 2.12. The summed E-state index contributed by atoms with van der Waals surface area (Å²) < 4.78 is 0. The normalized spacial score (nSPS) is 30.6. The van der Waals surface area contributed by atoms with Gasteiger partial charge < -0.3 is 5.11 Å². The van der Waals surface area contributed by atoms with Gasteiger partial charge in [0, 0.05) is 6.42 Å². The number of Topliss-reactive ketones (excluding diaryl/α,β-unsaturated/α-hetero) is 1. The second-order valence-corrected chi connectivity index (χ2v) is 2.05. The van der Waals surface area contributed by atoms with Crippen LogP contribution in [0.2, 0.25) is 0 Å². The summed E-state index contributed by atoms with van der Waals surface area (Å²) in [5, 5.41) is 8.80. The van der Waals surface area contributed by atoms with Gasteiger partial charge in [0.15, 0.2) is 5.78 Å². The molecular weight excluding hydrogens is 104 g/mol. The van der Waals surface area contributed by atoms with E-state index in [1.54, 1.807) is 6.42 Å². The fourth-order valence-corrected chi connectivity index (χ4v) is 0.834. The summed E-state index contributed by atoms with van der Waals surface area (Å²) in [5.74, 6) is -0.101. The zero-order valence-electron chi connectivity index (χ0n) is 4.63. The third-order valence-corrected chi connectivity index (χ3v) is 1.36. The summed E-state index contributed by atoms with van der Waals surface area (Å²) in [6, 6.07) is 0.